The standard InChI is InChI=1S/C30H38N4O4S/c1-23(2)31-30(36)28(20-25-14-8-6-9-15-25)33(21-26-16-12-13-24(3)19-26)29(35)22-34(39(37,38)32(4)5)27-17-10-7-11-18-27/h6-19,23,28H,20-22H2,1-5H3,(H,31,36)/t28-/m0/s1. The van der Waals surface area contributed by atoms with Gasteiger partial charge in [0.1, 0.15) is 12.6 Å². The van der Waals surface area contributed by atoms with Gasteiger partial charge < -0.3 is 10.2 Å². The Bertz CT molecular complexity index is 1350. The average molecular weight is 551 g/mol. The van der Waals surface area contributed by atoms with Gasteiger partial charge in [0.05, 0.1) is 5.69 Å². The van der Waals surface area contributed by atoms with Crippen LogP contribution >= 0.6 is 0 Å². The van der Waals surface area contributed by atoms with Crippen LogP contribution in [0.1, 0.15) is 30.5 Å². The Morgan fingerprint density at radius 3 is 2.00 bits per heavy atom. The lowest BCUT2D eigenvalue weighted by molar-refractivity contribution is -0.140. The van der Waals surface area contributed by atoms with Gasteiger partial charge in [-0.1, -0.05) is 78.4 Å². The van der Waals surface area contributed by atoms with Crippen molar-refractivity contribution in [1.82, 2.24) is 14.5 Å². The molecule has 0 aliphatic rings. The smallest absolute Gasteiger partial charge is 0.304 e. The SMILES string of the molecule is Cc1cccc(CN(C(=O)CN(c2ccccc2)S(=O)(=O)N(C)C)[C@@H](Cc2ccccc2)C(=O)NC(C)C)c1. The van der Waals surface area contributed by atoms with Crippen molar-refractivity contribution in [3.63, 3.8) is 0 Å². The van der Waals surface area contributed by atoms with Crippen LogP contribution in [0.3, 0.4) is 0 Å². The van der Waals surface area contributed by atoms with E-state index in [1.807, 2.05) is 75.4 Å². The predicted octanol–water partition coefficient (Wildman–Crippen LogP) is 3.77. The van der Waals surface area contributed by atoms with E-state index in [0.29, 0.717) is 5.69 Å². The lowest BCUT2D eigenvalue weighted by atomic mass is 10.0. The van der Waals surface area contributed by atoms with Gasteiger partial charge >= 0.3 is 10.2 Å². The Hall–Kier alpha value is -3.69. The summed E-state index contributed by atoms with van der Waals surface area (Å²) in [4.78, 5) is 29.2. The average Bonchev–Trinajstić information content (AvgIpc) is 2.89. The number of hydrogen-bond donors (Lipinski definition) is 1. The predicted molar refractivity (Wildman–Crippen MR) is 155 cm³/mol. The number of hydrogen-bond acceptors (Lipinski definition) is 4. The molecule has 0 aliphatic carbocycles. The first kappa shape index (κ1) is 29.9. The number of anilines is 1. The highest BCUT2D eigenvalue weighted by atomic mass is 32.2. The van der Waals surface area contributed by atoms with Crippen molar-refractivity contribution in [2.75, 3.05) is 24.9 Å². The molecule has 2 amide bonds. The maximum atomic E-state index is 14.1. The van der Waals surface area contributed by atoms with Gasteiger partial charge in [0.15, 0.2) is 0 Å². The van der Waals surface area contributed by atoms with Crippen LogP contribution in [-0.4, -0.2) is 62.2 Å². The molecule has 8 nitrogen and oxygen atoms in total. The third-order valence-corrected chi connectivity index (χ3v) is 8.02. The number of nitrogens with one attached hydrogen (secondary N) is 1. The summed E-state index contributed by atoms with van der Waals surface area (Å²) in [7, 11) is -1.16. The van der Waals surface area contributed by atoms with E-state index in [-0.39, 0.29) is 24.9 Å². The van der Waals surface area contributed by atoms with Crippen LogP contribution in [0.5, 0.6) is 0 Å². The summed E-state index contributed by atoms with van der Waals surface area (Å²) >= 11 is 0. The van der Waals surface area contributed by atoms with Crippen LogP contribution in [0.15, 0.2) is 84.9 Å². The van der Waals surface area contributed by atoms with Crippen LogP contribution < -0.4 is 9.62 Å². The van der Waals surface area contributed by atoms with Gasteiger partial charge in [-0.05, 0) is 44.0 Å². The van der Waals surface area contributed by atoms with Gasteiger partial charge in [0.2, 0.25) is 11.8 Å². The second kappa shape index (κ2) is 13.4. The molecule has 0 aromatic heterocycles. The van der Waals surface area contributed by atoms with E-state index in [1.165, 1.54) is 19.0 Å². The minimum absolute atomic E-state index is 0.137. The van der Waals surface area contributed by atoms with Gasteiger partial charge in [0, 0.05) is 33.1 Å². The fourth-order valence-electron chi connectivity index (χ4n) is 4.25. The van der Waals surface area contributed by atoms with E-state index in [2.05, 4.69) is 5.32 Å². The molecule has 0 heterocycles. The minimum atomic E-state index is -4.01. The Kier molecular flexibility index (Phi) is 10.3. The van der Waals surface area contributed by atoms with Crippen molar-refractivity contribution in [3.8, 4) is 0 Å². The maximum Gasteiger partial charge on any atom is 0.304 e. The van der Waals surface area contributed by atoms with Crippen LogP contribution in [0.4, 0.5) is 5.69 Å². The lowest BCUT2D eigenvalue weighted by Crippen LogP contribution is -2.55. The molecule has 0 bridgehead atoms. The van der Waals surface area contributed by atoms with E-state index in [0.717, 1.165) is 25.3 Å². The zero-order valence-electron chi connectivity index (χ0n) is 23.2. The molecule has 0 saturated heterocycles. The fourth-order valence-corrected chi connectivity index (χ4v) is 5.31. The Morgan fingerprint density at radius 1 is 0.846 bits per heavy atom. The monoisotopic (exact) mass is 550 g/mol. The quantitative estimate of drug-likeness (QED) is 0.372. The maximum absolute atomic E-state index is 14.1. The van der Waals surface area contributed by atoms with Crippen molar-refractivity contribution in [2.45, 2.75) is 45.8 Å². The van der Waals surface area contributed by atoms with Crippen molar-refractivity contribution >= 4 is 27.7 Å². The number of para-hydroxylation sites is 1. The summed E-state index contributed by atoms with van der Waals surface area (Å²) in [6, 6.07) is 24.7. The number of aryl methyl sites for hydroxylation is 1. The zero-order valence-corrected chi connectivity index (χ0v) is 24.1. The first-order valence-electron chi connectivity index (χ1n) is 12.9. The molecule has 3 rings (SSSR count). The molecular formula is C30H38N4O4S. The molecule has 1 N–H and O–H groups in total. The first-order valence-corrected chi connectivity index (χ1v) is 14.3. The summed E-state index contributed by atoms with van der Waals surface area (Å²) < 4.78 is 28.8. The summed E-state index contributed by atoms with van der Waals surface area (Å²) in [5.41, 5.74) is 3.12. The van der Waals surface area contributed by atoms with E-state index in [1.54, 1.807) is 30.3 Å². The molecule has 0 unspecified atom stereocenters. The van der Waals surface area contributed by atoms with Crippen LogP contribution in [0.2, 0.25) is 0 Å². The van der Waals surface area contributed by atoms with E-state index >= 15 is 0 Å². The zero-order chi connectivity index (χ0) is 28.6. The molecule has 208 valence electrons. The largest absolute Gasteiger partial charge is 0.352 e. The molecule has 39 heavy (non-hydrogen) atoms. The van der Waals surface area contributed by atoms with Gasteiger partial charge in [-0.15, -0.1) is 0 Å². The fraction of sp³-hybridized carbons (Fsp3) is 0.333. The highest BCUT2D eigenvalue weighted by Crippen LogP contribution is 2.22. The molecule has 3 aromatic rings. The minimum Gasteiger partial charge on any atom is -0.352 e. The lowest BCUT2D eigenvalue weighted by Gasteiger charge is -2.34. The molecule has 0 spiro atoms. The molecule has 3 aromatic carbocycles. The summed E-state index contributed by atoms with van der Waals surface area (Å²) in [5.74, 6) is -0.776. The van der Waals surface area contributed by atoms with Crippen molar-refractivity contribution < 1.29 is 18.0 Å². The van der Waals surface area contributed by atoms with Crippen LogP contribution in [-0.2, 0) is 32.8 Å². The van der Waals surface area contributed by atoms with Crippen molar-refractivity contribution in [2.24, 2.45) is 0 Å². The topological polar surface area (TPSA) is 90.0 Å². The Morgan fingerprint density at radius 2 is 1.44 bits per heavy atom. The summed E-state index contributed by atoms with van der Waals surface area (Å²) in [6.07, 6.45) is 0.280. The molecule has 0 saturated carbocycles. The number of carbonyl (C=O) groups excluding carboxylic acids is 2. The number of carbonyl (C=O) groups is 2. The summed E-state index contributed by atoms with van der Waals surface area (Å²) in [6.45, 7) is 5.38. The number of rotatable bonds is 12. The normalized spacial score (nSPS) is 12.3. The van der Waals surface area contributed by atoms with Gasteiger partial charge in [-0.3, -0.25) is 9.59 Å². The van der Waals surface area contributed by atoms with Gasteiger partial charge in [0.25, 0.3) is 0 Å². The summed E-state index contributed by atoms with van der Waals surface area (Å²) in [5, 5.41) is 2.96. The molecule has 0 aliphatic heterocycles. The molecule has 1 atom stereocenters. The second-order valence-electron chi connectivity index (χ2n) is 10.0. The Labute approximate surface area is 232 Å². The molecule has 0 fully saturated rings. The highest BCUT2D eigenvalue weighted by molar-refractivity contribution is 7.90. The van der Waals surface area contributed by atoms with E-state index in [4.69, 9.17) is 0 Å². The Balaban J connectivity index is 2.08. The number of benzene rings is 3. The van der Waals surface area contributed by atoms with E-state index < -0.39 is 28.7 Å². The first-order chi connectivity index (χ1) is 18.5. The third-order valence-electron chi connectivity index (χ3n) is 6.20. The highest BCUT2D eigenvalue weighted by Gasteiger charge is 2.34. The second-order valence-corrected chi connectivity index (χ2v) is 12.1. The number of amides is 2. The van der Waals surface area contributed by atoms with Crippen molar-refractivity contribution in [3.05, 3.63) is 102 Å². The van der Waals surface area contributed by atoms with Crippen LogP contribution in [0.25, 0.3) is 0 Å². The van der Waals surface area contributed by atoms with Gasteiger partial charge in [-0.25, -0.2) is 4.31 Å². The van der Waals surface area contributed by atoms with Crippen molar-refractivity contribution in [1.29, 1.82) is 0 Å². The van der Waals surface area contributed by atoms with Gasteiger partial charge in [-0.2, -0.15) is 12.7 Å². The van der Waals surface area contributed by atoms with E-state index in [9.17, 15) is 18.0 Å². The van der Waals surface area contributed by atoms with Crippen LogP contribution in [0, 0.1) is 6.92 Å². The molecule has 0 radical (unpaired) electrons. The number of nitrogens with zero attached hydrogens (tertiary/aromatic N) is 3. The third kappa shape index (κ3) is 8.15. The molecule has 9 heteroatoms. The molecular weight excluding hydrogens is 512 g/mol.